The van der Waals surface area contributed by atoms with Crippen molar-refractivity contribution >= 4 is 5.57 Å². The molecular formula is C23H31N. The zero-order chi connectivity index (χ0) is 17.0. The van der Waals surface area contributed by atoms with Crippen LogP contribution in [0.15, 0.2) is 66.7 Å². The number of hydrogen-bond donors (Lipinski definition) is 0. The van der Waals surface area contributed by atoms with Crippen molar-refractivity contribution in [2.24, 2.45) is 0 Å². The van der Waals surface area contributed by atoms with E-state index >= 15 is 0 Å². The van der Waals surface area contributed by atoms with Gasteiger partial charge < -0.3 is 0 Å². The summed E-state index contributed by atoms with van der Waals surface area (Å²) in [7, 11) is 0. The van der Waals surface area contributed by atoms with Crippen molar-refractivity contribution in [3.63, 3.8) is 0 Å². The minimum atomic E-state index is 1.03. The summed E-state index contributed by atoms with van der Waals surface area (Å²) in [6, 6.07) is 21.5. The van der Waals surface area contributed by atoms with Gasteiger partial charge in [-0.2, -0.15) is 0 Å². The van der Waals surface area contributed by atoms with Gasteiger partial charge in [-0.05, 0) is 42.6 Å². The van der Waals surface area contributed by atoms with E-state index in [1.165, 1.54) is 55.5 Å². The summed E-state index contributed by atoms with van der Waals surface area (Å²) >= 11 is 0. The predicted molar refractivity (Wildman–Crippen MR) is 106 cm³/mol. The van der Waals surface area contributed by atoms with Gasteiger partial charge in [0.15, 0.2) is 0 Å². The highest BCUT2D eigenvalue weighted by molar-refractivity contribution is 5.79. The molecule has 2 aromatic carbocycles. The van der Waals surface area contributed by atoms with Gasteiger partial charge in [0.25, 0.3) is 0 Å². The van der Waals surface area contributed by atoms with Crippen molar-refractivity contribution in [2.75, 3.05) is 19.6 Å². The van der Waals surface area contributed by atoms with Gasteiger partial charge in [0, 0.05) is 6.54 Å². The van der Waals surface area contributed by atoms with Crippen molar-refractivity contribution < 1.29 is 0 Å². The van der Waals surface area contributed by atoms with Gasteiger partial charge in [0.2, 0.25) is 0 Å². The highest BCUT2D eigenvalue weighted by Gasteiger charge is 2.07. The van der Waals surface area contributed by atoms with Crippen molar-refractivity contribution in [1.29, 1.82) is 0 Å². The highest BCUT2D eigenvalue weighted by atomic mass is 15.1. The quantitative estimate of drug-likeness (QED) is 0.517. The smallest absolute Gasteiger partial charge is 0.0172 e. The molecule has 0 unspecified atom stereocenters. The van der Waals surface area contributed by atoms with Gasteiger partial charge in [-0.3, -0.25) is 4.90 Å². The van der Waals surface area contributed by atoms with E-state index in [4.69, 9.17) is 0 Å². The predicted octanol–water partition coefficient (Wildman–Crippen LogP) is 6.02. The fourth-order valence-corrected chi connectivity index (χ4v) is 2.92. The van der Waals surface area contributed by atoms with Crippen molar-refractivity contribution in [3.8, 4) is 0 Å². The lowest BCUT2D eigenvalue weighted by molar-refractivity contribution is 0.292. The molecule has 1 nitrogen and oxygen atoms in total. The lowest BCUT2D eigenvalue weighted by Crippen LogP contribution is -2.26. The van der Waals surface area contributed by atoms with Gasteiger partial charge in [0.1, 0.15) is 0 Å². The molecule has 0 saturated carbocycles. The normalized spacial score (nSPS) is 10.8. The molecule has 0 amide bonds. The third kappa shape index (κ3) is 5.98. The Kier molecular flexibility index (Phi) is 8.34. The molecule has 0 fully saturated rings. The Hall–Kier alpha value is -1.86. The maximum Gasteiger partial charge on any atom is 0.0172 e. The second-order valence-corrected chi connectivity index (χ2v) is 6.36. The minimum Gasteiger partial charge on any atom is -0.300 e. The topological polar surface area (TPSA) is 3.24 Å². The Morgan fingerprint density at radius 2 is 1.21 bits per heavy atom. The second-order valence-electron chi connectivity index (χ2n) is 6.36. The summed E-state index contributed by atoms with van der Waals surface area (Å²) in [5, 5.41) is 0. The van der Waals surface area contributed by atoms with Crippen molar-refractivity contribution in [1.82, 2.24) is 4.90 Å². The van der Waals surface area contributed by atoms with E-state index in [9.17, 15) is 0 Å². The largest absolute Gasteiger partial charge is 0.300 e. The zero-order valence-corrected chi connectivity index (χ0v) is 15.2. The van der Waals surface area contributed by atoms with Gasteiger partial charge >= 0.3 is 0 Å². The summed E-state index contributed by atoms with van der Waals surface area (Å²) in [4.78, 5) is 2.60. The maximum absolute atomic E-state index is 2.60. The fraction of sp³-hybridized carbons (Fsp3) is 0.391. The van der Waals surface area contributed by atoms with Crippen LogP contribution in [0.1, 0.15) is 50.7 Å². The summed E-state index contributed by atoms with van der Waals surface area (Å²) in [5.74, 6) is 0. The molecule has 0 atom stereocenters. The average molecular weight is 322 g/mol. The van der Waals surface area contributed by atoms with Crippen molar-refractivity contribution in [3.05, 3.63) is 77.9 Å². The molecular weight excluding hydrogens is 290 g/mol. The SMILES string of the molecule is CCCCN(CC=C(c1ccccc1)c1ccccc1)CCCC. The minimum absolute atomic E-state index is 1.03. The number of hydrogen-bond acceptors (Lipinski definition) is 1. The summed E-state index contributed by atoms with van der Waals surface area (Å²) < 4.78 is 0. The molecule has 0 saturated heterocycles. The van der Waals surface area contributed by atoms with E-state index in [-0.39, 0.29) is 0 Å². The molecule has 1 heteroatoms. The first-order chi connectivity index (χ1) is 11.8. The second kappa shape index (κ2) is 10.8. The van der Waals surface area contributed by atoms with Crippen molar-refractivity contribution in [2.45, 2.75) is 39.5 Å². The summed E-state index contributed by atoms with van der Waals surface area (Å²) in [6.07, 6.45) is 7.50. The molecule has 0 N–H and O–H groups in total. The maximum atomic E-state index is 2.60. The lowest BCUT2D eigenvalue weighted by atomic mass is 9.97. The van der Waals surface area contributed by atoms with E-state index in [0.717, 1.165) is 6.54 Å². The van der Waals surface area contributed by atoms with Crippen LogP contribution in [0.4, 0.5) is 0 Å². The Morgan fingerprint density at radius 3 is 1.62 bits per heavy atom. The third-order valence-corrected chi connectivity index (χ3v) is 4.38. The molecule has 0 radical (unpaired) electrons. The van der Waals surface area contributed by atoms with E-state index in [1.54, 1.807) is 0 Å². The van der Waals surface area contributed by atoms with Crippen LogP contribution in [0.5, 0.6) is 0 Å². The molecule has 0 spiro atoms. The Morgan fingerprint density at radius 1 is 0.750 bits per heavy atom. The average Bonchev–Trinajstić information content (AvgIpc) is 2.65. The Bertz CT molecular complexity index is 536. The van der Waals surface area contributed by atoms with Gasteiger partial charge in [-0.25, -0.2) is 0 Å². The van der Waals surface area contributed by atoms with Crippen LogP contribution >= 0.6 is 0 Å². The Balaban J connectivity index is 2.20. The van der Waals surface area contributed by atoms with Crippen LogP contribution in [0.2, 0.25) is 0 Å². The number of unbranched alkanes of at least 4 members (excludes halogenated alkanes) is 2. The van der Waals surface area contributed by atoms with Crippen LogP contribution in [0, 0.1) is 0 Å². The number of rotatable bonds is 10. The summed E-state index contributed by atoms with van der Waals surface area (Å²) in [5.41, 5.74) is 3.94. The third-order valence-electron chi connectivity index (χ3n) is 4.38. The number of benzene rings is 2. The van der Waals surface area contributed by atoms with Crippen LogP contribution in [0.3, 0.4) is 0 Å². The summed E-state index contributed by atoms with van der Waals surface area (Å²) in [6.45, 7) is 7.97. The van der Waals surface area contributed by atoms with E-state index in [2.05, 4.69) is 85.5 Å². The highest BCUT2D eigenvalue weighted by Crippen LogP contribution is 2.23. The molecule has 0 aliphatic rings. The molecule has 128 valence electrons. The van der Waals surface area contributed by atoms with Gasteiger partial charge in [-0.15, -0.1) is 0 Å². The molecule has 0 aromatic heterocycles. The Labute approximate surface area is 148 Å². The standard InChI is InChI=1S/C23H31N/c1-3-5-18-24(19-6-4-2)20-17-23(21-13-9-7-10-14-21)22-15-11-8-12-16-22/h7-17H,3-6,18-20H2,1-2H3. The van der Waals surface area contributed by atoms with Crippen LogP contribution in [-0.4, -0.2) is 24.5 Å². The molecule has 2 rings (SSSR count). The molecule has 0 aliphatic heterocycles. The van der Waals surface area contributed by atoms with E-state index in [0.29, 0.717) is 0 Å². The van der Waals surface area contributed by atoms with Gasteiger partial charge in [-0.1, -0.05) is 93.4 Å². The first-order valence-corrected chi connectivity index (χ1v) is 9.38. The van der Waals surface area contributed by atoms with E-state index in [1.807, 2.05) is 0 Å². The zero-order valence-electron chi connectivity index (χ0n) is 15.2. The first kappa shape index (κ1) is 18.5. The monoisotopic (exact) mass is 321 g/mol. The fourth-order valence-electron chi connectivity index (χ4n) is 2.92. The lowest BCUT2D eigenvalue weighted by Gasteiger charge is -2.21. The molecule has 0 heterocycles. The van der Waals surface area contributed by atoms with Crippen LogP contribution in [0.25, 0.3) is 5.57 Å². The molecule has 24 heavy (non-hydrogen) atoms. The van der Waals surface area contributed by atoms with Gasteiger partial charge in [0.05, 0.1) is 0 Å². The molecule has 0 aliphatic carbocycles. The van der Waals surface area contributed by atoms with Crippen LogP contribution < -0.4 is 0 Å². The molecule has 2 aromatic rings. The molecule has 0 bridgehead atoms. The van der Waals surface area contributed by atoms with Crippen LogP contribution in [-0.2, 0) is 0 Å². The first-order valence-electron chi connectivity index (χ1n) is 9.38. The van der Waals surface area contributed by atoms with E-state index < -0.39 is 0 Å². The number of nitrogens with zero attached hydrogens (tertiary/aromatic N) is 1.